The van der Waals surface area contributed by atoms with Crippen molar-refractivity contribution in [2.24, 2.45) is 23.7 Å². The first kappa shape index (κ1) is 102. The molecule has 6 rings (SSSR count). The number of carbonyl (C=O) groups is 9. The number of amides is 6. The second-order valence-electron chi connectivity index (χ2n) is 34.1. The second kappa shape index (κ2) is 43.8. The number of aliphatic hydroxyl groups is 2. The molecule has 2 aliphatic rings. The molecule has 0 saturated carbocycles. The van der Waals surface area contributed by atoms with E-state index in [4.69, 9.17) is 92.7 Å². The lowest BCUT2D eigenvalue weighted by molar-refractivity contribution is -0.154. The lowest BCUT2D eigenvalue weighted by Gasteiger charge is -2.40. The molecule has 12 atom stereocenters. The molecule has 0 bridgehead atoms. The van der Waals surface area contributed by atoms with Crippen molar-refractivity contribution in [3.05, 3.63) is 95.3 Å². The summed E-state index contributed by atoms with van der Waals surface area (Å²) >= 11 is 33.9. The maximum absolute atomic E-state index is 14.2. The SMILES string of the molecule is CC(C)[C@H](NC(=O)OC(C)(C)C)C(=O)N[C@@H](C)C(=O)N1CCC[C@@H](C(=O)OCC(Cl)(Cl)Cl)N1.CC(C)[C@H](NC(=O)[C@H](/C=C/c1ccc2ccc([C@@H](C)O)nc2c1)[C@H](C)O[Si](C)(C)C(C)(C)C)C(=O)N[C@@H](C)C(=O)N1CCC[C@@H](C(=O)OCC(Cl)(Cl)Cl)N1.C[C@H](O[Si](C)(C)C(C)(C)C)[C@@H](/C=C/c1ccc2ccc([C@@H](C)O)nc2c1)C(=O)O. The summed E-state index contributed by atoms with van der Waals surface area (Å²) in [6.45, 7) is 43.4. The van der Waals surface area contributed by atoms with Crippen LogP contribution in [0.25, 0.3) is 34.0 Å². The Bertz CT molecular complexity index is 4090. The standard InChI is InChI=1S/C38H56Cl3N5O7Si.C23H33NO4Si.C20H33Cl3N4O6/c1-22(2)32(34(49)42-23(3)35(50)46-19-11-12-30(45-46)36(51)52-21-38(39,40)41)44-33(48)28(25(5)53-54(9,10)37(6,7)8)17-14-26-13-15-27-16-18-29(24(4)47)43-31(27)20-26;1-15(25)20-13-11-18-10-8-17(14-21(18)24-20)9-12-19(22(26)27)16(2)28-29(6,7)23(3,4)5;1-11(2)14(25-18(31)33-19(4,5)6)15(28)24-12(3)16(29)27-9-7-8-13(26-27)17(30)32-10-20(21,22)23/h13-18,20,22-25,28,30,32,45,47H,11-12,19,21H2,1-10H3,(H,42,49)(H,44,48);8-16,19,25H,1-7H3,(H,26,27);11-14,26H,7-10H2,1-6H3,(H,24,28)(H,25,31)/b17-14+;12-9+;/t23-,24+,25-,28+,30-,32-;15-,16+,19-;12-,13-,14-/m010/s1. The first-order valence-corrected chi connectivity index (χ1v) is 46.9. The summed E-state index contributed by atoms with van der Waals surface area (Å²) in [6.07, 6.45) is 5.93. The Morgan fingerprint density at radius 3 is 1.22 bits per heavy atom. The lowest BCUT2D eigenvalue weighted by atomic mass is 9.97. The van der Waals surface area contributed by atoms with Gasteiger partial charge in [0.05, 0.1) is 58.7 Å². The number of ether oxygens (including phenoxy) is 3. The average Bonchev–Trinajstić information content (AvgIpc) is 0.828. The van der Waals surface area contributed by atoms with Gasteiger partial charge in [-0.15, -0.1) is 0 Å². The third-order valence-corrected chi connectivity index (χ3v) is 29.9. The number of alkyl halides is 6. The molecule has 9 N–H and O–H groups in total. The molecule has 2 aliphatic heterocycles. The van der Waals surface area contributed by atoms with Crippen molar-refractivity contribution in [1.29, 1.82) is 0 Å². The van der Waals surface area contributed by atoms with Crippen LogP contribution in [0.2, 0.25) is 36.3 Å². The zero-order valence-corrected chi connectivity index (χ0v) is 77.5. The van der Waals surface area contributed by atoms with E-state index in [0.717, 1.165) is 27.4 Å². The highest BCUT2D eigenvalue weighted by Crippen LogP contribution is 2.40. The molecular weight excluding hydrogens is 1650 g/mol. The highest BCUT2D eigenvalue weighted by Gasteiger charge is 2.44. The Balaban J connectivity index is 0.000000392. The van der Waals surface area contributed by atoms with Crippen molar-refractivity contribution in [3.8, 4) is 0 Å². The molecule has 2 fully saturated rings. The summed E-state index contributed by atoms with van der Waals surface area (Å²) in [7, 11) is -4.39. The van der Waals surface area contributed by atoms with E-state index >= 15 is 0 Å². The molecule has 27 nitrogen and oxygen atoms in total. The summed E-state index contributed by atoms with van der Waals surface area (Å²) in [5.41, 5.74) is 9.22. The molecule has 0 radical (unpaired) electrons. The third-order valence-electron chi connectivity index (χ3n) is 20.1. The molecular formula is C81H122Cl6N10O17Si2. The highest BCUT2D eigenvalue weighted by molar-refractivity contribution is 6.74. The number of hydrazine groups is 2. The number of esters is 2. The van der Waals surface area contributed by atoms with Crippen LogP contribution in [0.1, 0.15) is 192 Å². The predicted octanol–water partition coefficient (Wildman–Crippen LogP) is 14.2. The molecule has 0 spiro atoms. The fourth-order valence-corrected chi connectivity index (χ4v) is 14.6. The maximum atomic E-state index is 14.2. The summed E-state index contributed by atoms with van der Waals surface area (Å²) in [5, 5.41) is 44.7. The van der Waals surface area contributed by atoms with Gasteiger partial charge in [0.25, 0.3) is 11.8 Å². The van der Waals surface area contributed by atoms with E-state index < -0.39 is 169 Å². The number of carbonyl (C=O) groups excluding carboxylic acids is 8. The van der Waals surface area contributed by atoms with Crippen LogP contribution in [0.3, 0.4) is 0 Å². The number of carboxylic acids is 1. The summed E-state index contributed by atoms with van der Waals surface area (Å²) in [4.78, 5) is 125. The Kier molecular flexibility index (Phi) is 38.5. The molecule has 116 heavy (non-hydrogen) atoms. The van der Waals surface area contributed by atoms with Gasteiger partial charge >= 0.3 is 24.0 Å². The Hall–Kier alpha value is -6.30. The van der Waals surface area contributed by atoms with Crippen LogP contribution in [0.5, 0.6) is 0 Å². The van der Waals surface area contributed by atoms with Gasteiger partial charge in [0.2, 0.25) is 25.3 Å². The van der Waals surface area contributed by atoms with Gasteiger partial charge in [-0.05, 0) is 171 Å². The molecule has 2 aromatic carbocycles. The van der Waals surface area contributed by atoms with Crippen LogP contribution < -0.4 is 32.1 Å². The number of aliphatic carboxylic acids is 1. The monoisotopic (exact) mass is 1770 g/mol. The topological polar surface area (TPSA) is 365 Å². The minimum atomic E-state index is -2.32. The van der Waals surface area contributed by atoms with Gasteiger partial charge < -0.3 is 59.6 Å². The van der Waals surface area contributed by atoms with Gasteiger partial charge in [0.1, 0.15) is 55.1 Å². The number of rotatable bonds is 28. The molecule has 0 aliphatic carbocycles. The van der Waals surface area contributed by atoms with E-state index in [1.807, 2.05) is 74.5 Å². The number of hydrogen-bond donors (Lipinski definition) is 9. The van der Waals surface area contributed by atoms with Gasteiger partial charge in [0.15, 0.2) is 16.6 Å². The fourth-order valence-electron chi connectivity index (χ4n) is 11.4. The van der Waals surface area contributed by atoms with Crippen LogP contribution in [0.4, 0.5) is 4.79 Å². The van der Waals surface area contributed by atoms with E-state index in [-0.39, 0.29) is 21.9 Å². The fraction of sp³-hybridized carbons (Fsp3) is 0.617. The van der Waals surface area contributed by atoms with E-state index in [1.54, 1.807) is 86.6 Å². The maximum Gasteiger partial charge on any atom is 0.408 e. The van der Waals surface area contributed by atoms with Gasteiger partial charge in [-0.2, -0.15) is 0 Å². The number of aliphatic hydroxyl groups excluding tert-OH is 2. The van der Waals surface area contributed by atoms with Crippen LogP contribution in [-0.4, -0.2) is 193 Å². The minimum absolute atomic E-state index is 0.0135. The normalized spacial score (nSPS) is 18.0. The number of nitrogens with one attached hydrogen (secondary N) is 6. The molecule has 4 aromatic rings. The van der Waals surface area contributed by atoms with E-state index in [0.29, 0.717) is 55.7 Å². The van der Waals surface area contributed by atoms with Crippen molar-refractivity contribution in [2.45, 2.75) is 267 Å². The number of benzene rings is 2. The lowest BCUT2D eigenvalue weighted by Crippen LogP contribution is -2.61. The summed E-state index contributed by atoms with van der Waals surface area (Å²) in [5.74, 6) is -6.75. The van der Waals surface area contributed by atoms with Gasteiger partial charge in [-0.1, -0.05) is 200 Å². The predicted molar refractivity (Wildman–Crippen MR) is 461 cm³/mol. The minimum Gasteiger partial charge on any atom is -0.481 e. The number of halogens is 6. The average molecular weight is 1780 g/mol. The van der Waals surface area contributed by atoms with Crippen molar-refractivity contribution in [1.82, 2.24) is 52.1 Å². The molecule has 35 heteroatoms. The largest absolute Gasteiger partial charge is 0.481 e. The van der Waals surface area contributed by atoms with Crippen LogP contribution in [-0.2, 0) is 61.4 Å². The van der Waals surface area contributed by atoms with Crippen molar-refractivity contribution in [2.75, 3.05) is 26.3 Å². The quantitative estimate of drug-likeness (QED) is 0.0110. The molecule has 2 aromatic heterocycles. The van der Waals surface area contributed by atoms with Crippen LogP contribution >= 0.6 is 69.6 Å². The second-order valence-corrected chi connectivity index (χ2v) is 48.7. The highest BCUT2D eigenvalue weighted by atomic mass is 35.6. The van der Waals surface area contributed by atoms with Crippen molar-refractivity contribution < 1.29 is 81.5 Å². The number of hydrogen-bond acceptors (Lipinski definition) is 20. The van der Waals surface area contributed by atoms with E-state index in [1.165, 1.54) is 23.9 Å². The van der Waals surface area contributed by atoms with Crippen LogP contribution in [0, 0.1) is 23.7 Å². The number of aromatic nitrogens is 2. The molecule has 0 unspecified atom stereocenters. The molecule has 648 valence electrons. The zero-order chi connectivity index (χ0) is 88.3. The van der Waals surface area contributed by atoms with Crippen molar-refractivity contribution >= 4 is 174 Å². The van der Waals surface area contributed by atoms with Crippen molar-refractivity contribution in [3.63, 3.8) is 0 Å². The van der Waals surface area contributed by atoms with E-state index in [9.17, 15) is 58.5 Å². The van der Waals surface area contributed by atoms with Crippen LogP contribution in [0.15, 0.2) is 72.8 Å². The number of carboxylic acid groups (broad SMARTS) is 1. The molecule has 2 saturated heterocycles. The Labute approximate surface area is 715 Å². The Morgan fingerprint density at radius 2 is 0.879 bits per heavy atom. The van der Waals surface area contributed by atoms with Gasteiger partial charge in [-0.3, -0.25) is 58.3 Å². The summed E-state index contributed by atoms with van der Waals surface area (Å²) < 4.78 is 24.7. The van der Waals surface area contributed by atoms with Gasteiger partial charge in [0, 0.05) is 23.9 Å². The number of fused-ring (bicyclic) bond motifs is 2. The van der Waals surface area contributed by atoms with Gasteiger partial charge in [-0.25, -0.2) is 15.6 Å². The molecule has 4 heterocycles. The van der Waals surface area contributed by atoms with E-state index in [2.05, 4.69) is 110 Å². The first-order valence-electron chi connectivity index (χ1n) is 38.9. The smallest absolute Gasteiger partial charge is 0.408 e. The number of pyridine rings is 2. The summed E-state index contributed by atoms with van der Waals surface area (Å²) in [6, 6.07) is 13.5. The zero-order valence-electron chi connectivity index (χ0n) is 70.9. The third kappa shape index (κ3) is 33.0. The molecule has 6 amide bonds. The Morgan fingerprint density at radius 1 is 0.526 bits per heavy atom. The number of alkyl carbamates (subject to hydrolysis) is 1. The first-order chi connectivity index (χ1) is 53.2. The number of nitrogens with zero attached hydrogens (tertiary/aromatic N) is 4.